The van der Waals surface area contributed by atoms with Crippen molar-refractivity contribution in [2.24, 2.45) is 0 Å². The van der Waals surface area contributed by atoms with Gasteiger partial charge < -0.3 is 40.2 Å². The topological polar surface area (TPSA) is 153 Å². The number of halogens is 4. The first kappa shape index (κ1) is 49.7. The Kier molecular flexibility index (Phi) is 23.4. The fraction of sp³-hybridized carbons (Fsp3) is 0.333. The quantitative estimate of drug-likeness (QED) is 0.0416. The molecular weight excluding hydrogens is 764 g/mol. The van der Waals surface area contributed by atoms with Crippen LogP contribution < -0.4 is 21.3 Å². The van der Waals surface area contributed by atoms with Gasteiger partial charge in [0.2, 0.25) is 0 Å². The summed E-state index contributed by atoms with van der Waals surface area (Å²) in [6.07, 6.45) is 2.88. The number of unbranched alkanes of at least 4 members (excludes halogenated alkanes) is 1. The molecule has 0 fully saturated rings. The maximum atomic E-state index is 13.8. The second-order valence-corrected chi connectivity index (χ2v) is 11.6. The van der Waals surface area contributed by atoms with Crippen molar-refractivity contribution >= 4 is 46.6 Å². The number of carbonyl (C=O) groups excluding carboxylic acids is 4. The molecule has 0 aromatic heterocycles. The van der Waals surface area contributed by atoms with Gasteiger partial charge in [0.05, 0.1) is 73.4 Å². The minimum atomic E-state index is -0.672. The highest BCUT2D eigenvalue weighted by molar-refractivity contribution is 5.92. The number of nitrogens with one attached hydrogen (secondary N) is 4. The smallest absolute Gasteiger partial charge is 0.340 e. The van der Waals surface area contributed by atoms with Crippen LogP contribution in [-0.2, 0) is 18.9 Å². The molecule has 0 saturated carbocycles. The van der Waals surface area contributed by atoms with Gasteiger partial charge in [-0.1, -0.05) is 44.5 Å². The van der Waals surface area contributed by atoms with E-state index in [0.29, 0.717) is 36.7 Å². The van der Waals surface area contributed by atoms with Crippen LogP contribution in [0.25, 0.3) is 0 Å². The number of ether oxygens (including phenoxy) is 4. The number of carbonyl (C=O) groups is 4. The number of hydrogen-bond donors (Lipinski definition) is 4. The summed E-state index contributed by atoms with van der Waals surface area (Å²) in [4.78, 5) is 44.5. The van der Waals surface area contributed by atoms with Crippen LogP contribution in [0.3, 0.4) is 0 Å². The lowest BCUT2D eigenvalue weighted by Crippen LogP contribution is -2.09. The Bertz CT molecular complexity index is 1930. The number of benzene rings is 4. The summed E-state index contributed by atoms with van der Waals surface area (Å²) in [6.45, 7) is 7.85. The first-order chi connectivity index (χ1) is 27.8. The average Bonchev–Trinajstić information content (AvgIpc) is 3.24. The number of hydrogen-bond acceptors (Lipinski definition) is 12. The van der Waals surface area contributed by atoms with E-state index in [9.17, 15) is 36.7 Å². The van der Waals surface area contributed by atoms with Gasteiger partial charge in [0.15, 0.2) is 23.3 Å². The lowest BCUT2D eigenvalue weighted by atomic mass is 10.2. The molecule has 0 radical (unpaired) electrons. The van der Waals surface area contributed by atoms with E-state index in [-0.39, 0.29) is 27.9 Å². The van der Waals surface area contributed by atoms with E-state index in [2.05, 4.69) is 47.1 Å². The number of anilines is 4. The first-order valence-electron chi connectivity index (χ1n) is 18.2. The Balaban J connectivity index is 0.000000388. The standard InChI is InChI=1S/C12H16FNO2.C11H14FNO2.C10H12FNO2.C9H10FNO2/c1-3-4-8-14-10-7-5-6-9(11(10)13)12(15)16-2;1-3-7-13-9-6-4-5-8(10(9)12)11(14)15-2;1-3-12-8-6-4-5-7(9(8)11)10(13)14-2;1-11-7-5-3-4-6(8(7)10)9(12)13-2/h5-7,14H,3-4,8H2,1-2H3;4-6,13H,3,7H2,1-2H3;4-6,12H,3H2,1-2H3;3-5,11H,1-2H3. The van der Waals surface area contributed by atoms with Crippen LogP contribution in [0.5, 0.6) is 0 Å². The molecule has 0 aliphatic heterocycles. The third-order valence-corrected chi connectivity index (χ3v) is 7.66. The molecule has 0 saturated heterocycles. The zero-order valence-electron chi connectivity index (χ0n) is 33.9. The van der Waals surface area contributed by atoms with E-state index < -0.39 is 47.1 Å². The molecule has 0 heterocycles. The summed E-state index contributed by atoms with van der Waals surface area (Å²) in [5.74, 6) is -4.91. The molecule has 58 heavy (non-hydrogen) atoms. The second-order valence-electron chi connectivity index (χ2n) is 11.6. The van der Waals surface area contributed by atoms with E-state index >= 15 is 0 Å². The minimum absolute atomic E-state index is 0.0380. The molecule has 316 valence electrons. The zero-order chi connectivity index (χ0) is 43.6. The van der Waals surface area contributed by atoms with Crippen LogP contribution in [0.2, 0.25) is 0 Å². The number of esters is 4. The van der Waals surface area contributed by atoms with E-state index in [4.69, 9.17) is 0 Å². The van der Waals surface area contributed by atoms with Crippen molar-refractivity contribution in [2.75, 3.05) is 76.4 Å². The average molecular weight is 817 g/mol. The van der Waals surface area contributed by atoms with Gasteiger partial charge in [-0.2, -0.15) is 0 Å². The van der Waals surface area contributed by atoms with Crippen molar-refractivity contribution in [1.29, 1.82) is 0 Å². The lowest BCUT2D eigenvalue weighted by molar-refractivity contribution is 0.0586. The predicted molar refractivity (Wildman–Crippen MR) is 217 cm³/mol. The third-order valence-electron chi connectivity index (χ3n) is 7.66. The van der Waals surface area contributed by atoms with Crippen LogP contribution >= 0.6 is 0 Å². The molecule has 0 amide bonds. The van der Waals surface area contributed by atoms with Crippen LogP contribution in [0.4, 0.5) is 40.3 Å². The Morgan fingerprint density at radius 2 is 0.776 bits per heavy atom. The molecule has 0 aliphatic rings. The van der Waals surface area contributed by atoms with Crippen molar-refractivity contribution in [3.05, 3.63) is 118 Å². The summed E-state index contributed by atoms with van der Waals surface area (Å²) in [6, 6.07) is 18.3. The molecular formula is C42H52F4N4O8. The number of methoxy groups -OCH3 is 4. The molecule has 0 aliphatic carbocycles. The summed E-state index contributed by atoms with van der Waals surface area (Å²) in [5.41, 5.74) is 1.08. The molecule has 4 N–H and O–H groups in total. The maximum Gasteiger partial charge on any atom is 0.340 e. The van der Waals surface area contributed by atoms with E-state index in [1.807, 2.05) is 13.8 Å². The third kappa shape index (κ3) is 15.3. The Hall–Kier alpha value is -6.32. The van der Waals surface area contributed by atoms with Gasteiger partial charge in [0.25, 0.3) is 0 Å². The van der Waals surface area contributed by atoms with Crippen LogP contribution in [-0.4, -0.2) is 79.0 Å². The van der Waals surface area contributed by atoms with Crippen LogP contribution in [0.15, 0.2) is 72.8 Å². The summed E-state index contributed by atoms with van der Waals surface area (Å²) < 4.78 is 72.1. The molecule has 0 unspecified atom stereocenters. The van der Waals surface area contributed by atoms with Crippen molar-refractivity contribution in [3.63, 3.8) is 0 Å². The Labute approximate surface area is 336 Å². The molecule has 0 bridgehead atoms. The Morgan fingerprint density at radius 3 is 1.07 bits per heavy atom. The monoisotopic (exact) mass is 816 g/mol. The van der Waals surface area contributed by atoms with Crippen molar-refractivity contribution in [1.82, 2.24) is 0 Å². The largest absolute Gasteiger partial charge is 0.465 e. The fourth-order valence-electron chi connectivity index (χ4n) is 4.65. The van der Waals surface area contributed by atoms with Gasteiger partial charge in [-0.25, -0.2) is 36.7 Å². The highest BCUT2D eigenvalue weighted by atomic mass is 19.1. The second kappa shape index (κ2) is 27.3. The maximum absolute atomic E-state index is 13.8. The van der Waals surface area contributed by atoms with Gasteiger partial charge in [0, 0.05) is 26.7 Å². The number of rotatable bonds is 14. The van der Waals surface area contributed by atoms with Gasteiger partial charge in [0.1, 0.15) is 0 Å². The van der Waals surface area contributed by atoms with Gasteiger partial charge in [-0.05, 0) is 68.3 Å². The molecule has 4 rings (SSSR count). The van der Waals surface area contributed by atoms with E-state index in [1.165, 1.54) is 52.7 Å². The zero-order valence-corrected chi connectivity index (χ0v) is 33.9. The van der Waals surface area contributed by atoms with E-state index in [1.54, 1.807) is 55.6 Å². The predicted octanol–water partition coefficient (Wildman–Crippen LogP) is 8.96. The van der Waals surface area contributed by atoms with Gasteiger partial charge in [-0.15, -0.1) is 0 Å². The van der Waals surface area contributed by atoms with E-state index in [0.717, 1.165) is 19.3 Å². The Morgan fingerprint density at radius 1 is 0.466 bits per heavy atom. The van der Waals surface area contributed by atoms with Gasteiger partial charge in [-0.3, -0.25) is 0 Å². The van der Waals surface area contributed by atoms with Crippen molar-refractivity contribution in [2.45, 2.75) is 40.0 Å². The molecule has 0 spiro atoms. The molecule has 16 heteroatoms. The van der Waals surface area contributed by atoms with Gasteiger partial charge >= 0.3 is 23.9 Å². The minimum Gasteiger partial charge on any atom is -0.465 e. The van der Waals surface area contributed by atoms with Crippen molar-refractivity contribution in [3.8, 4) is 0 Å². The summed E-state index contributed by atoms with van der Waals surface area (Å²) in [5, 5.41) is 11.3. The van der Waals surface area contributed by atoms with Crippen molar-refractivity contribution < 1.29 is 55.7 Å². The first-order valence-corrected chi connectivity index (χ1v) is 18.2. The summed E-state index contributed by atoms with van der Waals surface area (Å²) >= 11 is 0. The molecule has 0 atom stereocenters. The molecule has 4 aromatic carbocycles. The molecule has 4 aromatic rings. The SMILES string of the molecule is CCCCNc1cccc(C(=O)OC)c1F.CCCNc1cccc(C(=O)OC)c1F.CCNc1cccc(C(=O)OC)c1F.CNc1cccc(C(=O)OC)c1F. The lowest BCUT2D eigenvalue weighted by Gasteiger charge is -2.09. The summed E-state index contributed by atoms with van der Waals surface area (Å²) in [7, 11) is 6.49. The highest BCUT2D eigenvalue weighted by Crippen LogP contribution is 2.21. The molecule has 12 nitrogen and oxygen atoms in total. The normalized spacial score (nSPS) is 9.72. The van der Waals surface area contributed by atoms with Crippen LogP contribution in [0, 0.1) is 23.3 Å². The highest BCUT2D eigenvalue weighted by Gasteiger charge is 2.17. The van der Waals surface area contributed by atoms with Crippen LogP contribution in [0.1, 0.15) is 81.5 Å². The fourth-order valence-corrected chi connectivity index (χ4v) is 4.65.